The predicted octanol–water partition coefficient (Wildman–Crippen LogP) is 2.67. The number of hydrogen-bond acceptors (Lipinski definition) is 3. The van der Waals surface area contributed by atoms with Gasteiger partial charge >= 0.3 is 0 Å². The van der Waals surface area contributed by atoms with Crippen molar-refractivity contribution in [3.63, 3.8) is 0 Å². The van der Waals surface area contributed by atoms with E-state index in [1.54, 1.807) is 6.20 Å². The van der Waals surface area contributed by atoms with Gasteiger partial charge in [0.25, 0.3) is 5.91 Å². The molecule has 0 radical (unpaired) electrons. The topological polar surface area (TPSA) is 45.2 Å². The molecule has 0 aromatic carbocycles. The molecule has 2 aliphatic carbocycles. The zero-order chi connectivity index (χ0) is 13.5. The van der Waals surface area contributed by atoms with Gasteiger partial charge in [-0.2, -0.15) is 0 Å². The highest BCUT2D eigenvalue weighted by molar-refractivity contribution is 5.95. The second-order valence-electron chi connectivity index (χ2n) is 6.50. The van der Waals surface area contributed by atoms with Crippen LogP contribution in [0.15, 0.2) is 18.3 Å². The number of anilines is 1. The van der Waals surface area contributed by atoms with E-state index in [-0.39, 0.29) is 5.91 Å². The molecule has 4 nitrogen and oxygen atoms in total. The molecule has 1 aromatic rings. The van der Waals surface area contributed by atoms with Crippen molar-refractivity contribution in [2.45, 2.75) is 50.6 Å². The minimum Gasteiger partial charge on any atom is -0.367 e. The van der Waals surface area contributed by atoms with Gasteiger partial charge in [-0.25, -0.2) is 4.98 Å². The number of carbonyl (C=O) groups is 1. The zero-order valence-electron chi connectivity index (χ0n) is 11.7. The summed E-state index contributed by atoms with van der Waals surface area (Å²) in [5.74, 6) is 1.81. The van der Waals surface area contributed by atoms with Crippen LogP contribution in [-0.2, 0) is 0 Å². The van der Waals surface area contributed by atoms with Gasteiger partial charge in [0, 0.05) is 30.4 Å². The molecule has 0 spiro atoms. The van der Waals surface area contributed by atoms with Crippen LogP contribution >= 0.6 is 0 Å². The minimum absolute atomic E-state index is 0.187. The van der Waals surface area contributed by atoms with Crippen LogP contribution in [-0.4, -0.2) is 34.4 Å². The maximum Gasteiger partial charge on any atom is 0.254 e. The summed E-state index contributed by atoms with van der Waals surface area (Å²) in [4.78, 5) is 19.0. The van der Waals surface area contributed by atoms with E-state index in [0.717, 1.165) is 23.8 Å². The molecule has 1 amide bonds. The Balaban J connectivity index is 1.48. The summed E-state index contributed by atoms with van der Waals surface area (Å²) in [7, 11) is 0. The molecule has 5 rings (SSSR count). The SMILES string of the molecule is O=C(c1ccnc(NC2CCCC2)c1)N1CC2CC1C2. The Morgan fingerprint density at radius 1 is 1.30 bits per heavy atom. The summed E-state index contributed by atoms with van der Waals surface area (Å²) in [6, 6.07) is 4.81. The number of carbonyl (C=O) groups excluding carboxylic acids is 1. The second kappa shape index (κ2) is 4.76. The lowest BCUT2D eigenvalue weighted by Crippen LogP contribution is -2.34. The molecule has 1 aromatic heterocycles. The lowest BCUT2D eigenvalue weighted by Gasteiger charge is -2.25. The highest BCUT2D eigenvalue weighted by atomic mass is 16.2. The van der Waals surface area contributed by atoms with Crippen molar-refractivity contribution in [2.24, 2.45) is 5.92 Å². The summed E-state index contributed by atoms with van der Waals surface area (Å²) in [5.41, 5.74) is 0.785. The third kappa shape index (κ3) is 2.07. The standard InChI is InChI=1S/C16H21N3O/c20-16(19-10-11-7-14(19)8-11)12-5-6-17-15(9-12)18-13-3-1-2-4-13/h5-6,9,11,13-14H,1-4,7-8,10H2,(H,17,18). The van der Waals surface area contributed by atoms with Crippen LogP contribution in [0.3, 0.4) is 0 Å². The first-order valence-electron chi connectivity index (χ1n) is 7.83. The van der Waals surface area contributed by atoms with Gasteiger partial charge in [0.1, 0.15) is 5.82 Å². The van der Waals surface area contributed by atoms with Crippen LogP contribution in [0.25, 0.3) is 0 Å². The van der Waals surface area contributed by atoms with E-state index < -0.39 is 0 Å². The van der Waals surface area contributed by atoms with Crippen molar-refractivity contribution in [1.29, 1.82) is 0 Å². The highest BCUT2D eigenvalue weighted by Gasteiger charge is 2.45. The third-order valence-electron chi connectivity index (χ3n) is 5.08. The number of pyridine rings is 1. The monoisotopic (exact) mass is 271 g/mol. The minimum atomic E-state index is 0.187. The van der Waals surface area contributed by atoms with Gasteiger partial charge in [0.15, 0.2) is 0 Å². The van der Waals surface area contributed by atoms with Crippen LogP contribution in [0.1, 0.15) is 48.9 Å². The van der Waals surface area contributed by atoms with Gasteiger partial charge in [0.2, 0.25) is 0 Å². The Morgan fingerprint density at radius 3 is 2.80 bits per heavy atom. The maximum absolute atomic E-state index is 12.5. The van der Waals surface area contributed by atoms with Gasteiger partial charge in [-0.15, -0.1) is 0 Å². The fourth-order valence-electron chi connectivity index (χ4n) is 3.87. The van der Waals surface area contributed by atoms with Gasteiger partial charge in [-0.3, -0.25) is 4.79 Å². The largest absolute Gasteiger partial charge is 0.367 e. The lowest BCUT2D eigenvalue weighted by atomic mass is 9.86. The molecular weight excluding hydrogens is 250 g/mol. The third-order valence-corrected chi connectivity index (χ3v) is 5.08. The zero-order valence-corrected chi connectivity index (χ0v) is 11.7. The highest BCUT2D eigenvalue weighted by Crippen LogP contribution is 2.41. The van der Waals surface area contributed by atoms with Gasteiger partial charge in [-0.1, -0.05) is 12.8 Å². The molecule has 0 atom stereocenters. The van der Waals surface area contributed by atoms with E-state index in [4.69, 9.17) is 0 Å². The number of amides is 1. The first-order chi connectivity index (χ1) is 9.79. The van der Waals surface area contributed by atoms with E-state index in [9.17, 15) is 4.79 Å². The Morgan fingerprint density at radius 2 is 2.10 bits per heavy atom. The van der Waals surface area contributed by atoms with Crippen molar-refractivity contribution in [3.8, 4) is 0 Å². The fourth-order valence-corrected chi connectivity index (χ4v) is 3.87. The van der Waals surface area contributed by atoms with E-state index in [2.05, 4.69) is 15.2 Å². The number of fused-ring (bicyclic) bond motifs is 1. The molecule has 4 aliphatic rings. The number of rotatable bonds is 3. The Bertz CT molecular complexity index is 518. The van der Waals surface area contributed by atoms with Crippen LogP contribution in [0.2, 0.25) is 0 Å². The molecule has 0 unspecified atom stereocenters. The average molecular weight is 271 g/mol. The average Bonchev–Trinajstić information content (AvgIpc) is 3.13. The Kier molecular flexibility index (Phi) is 2.90. The first-order valence-corrected chi connectivity index (χ1v) is 7.83. The normalized spacial score (nSPS) is 28.5. The van der Waals surface area contributed by atoms with Crippen LogP contribution in [0.4, 0.5) is 5.82 Å². The molecular formula is C16H21N3O. The van der Waals surface area contributed by atoms with Gasteiger partial charge in [-0.05, 0) is 43.7 Å². The lowest BCUT2D eigenvalue weighted by molar-refractivity contribution is 0.0751. The number of nitrogens with zero attached hydrogens (tertiary/aromatic N) is 2. The Hall–Kier alpha value is -1.58. The smallest absolute Gasteiger partial charge is 0.254 e. The summed E-state index contributed by atoms with van der Waals surface area (Å²) in [6.07, 6.45) is 9.21. The van der Waals surface area contributed by atoms with Crippen LogP contribution < -0.4 is 5.32 Å². The summed E-state index contributed by atoms with van der Waals surface area (Å²) >= 11 is 0. The van der Waals surface area contributed by atoms with Crippen LogP contribution in [0.5, 0.6) is 0 Å². The maximum atomic E-state index is 12.5. The predicted molar refractivity (Wildman–Crippen MR) is 77.7 cm³/mol. The number of hydrogen-bond donors (Lipinski definition) is 1. The molecule has 2 aliphatic heterocycles. The molecule has 4 fully saturated rings. The van der Waals surface area contributed by atoms with E-state index in [1.165, 1.54) is 38.5 Å². The molecule has 20 heavy (non-hydrogen) atoms. The quantitative estimate of drug-likeness (QED) is 0.919. The first kappa shape index (κ1) is 12.2. The molecule has 3 heterocycles. The molecule has 1 N–H and O–H groups in total. The van der Waals surface area contributed by atoms with Crippen molar-refractivity contribution in [2.75, 3.05) is 11.9 Å². The number of nitrogens with one attached hydrogen (secondary N) is 1. The van der Waals surface area contributed by atoms with Crippen molar-refractivity contribution < 1.29 is 4.79 Å². The fraction of sp³-hybridized carbons (Fsp3) is 0.625. The number of aromatic nitrogens is 1. The molecule has 2 bridgehead atoms. The summed E-state index contributed by atoms with van der Waals surface area (Å²) in [6.45, 7) is 0.956. The van der Waals surface area contributed by atoms with E-state index >= 15 is 0 Å². The van der Waals surface area contributed by atoms with Crippen LogP contribution in [0, 0.1) is 5.92 Å². The van der Waals surface area contributed by atoms with Gasteiger partial charge in [0.05, 0.1) is 0 Å². The summed E-state index contributed by atoms with van der Waals surface area (Å²) < 4.78 is 0. The van der Waals surface area contributed by atoms with Crippen molar-refractivity contribution in [3.05, 3.63) is 23.9 Å². The molecule has 2 saturated heterocycles. The molecule has 4 heteroatoms. The van der Waals surface area contributed by atoms with Crippen molar-refractivity contribution in [1.82, 2.24) is 9.88 Å². The molecule has 2 saturated carbocycles. The van der Waals surface area contributed by atoms with Crippen molar-refractivity contribution >= 4 is 11.7 Å². The summed E-state index contributed by atoms with van der Waals surface area (Å²) in [5, 5.41) is 3.47. The van der Waals surface area contributed by atoms with E-state index in [1.807, 2.05) is 12.1 Å². The Labute approximate surface area is 119 Å². The second-order valence-corrected chi connectivity index (χ2v) is 6.50. The van der Waals surface area contributed by atoms with Gasteiger partial charge < -0.3 is 10.2 Å². The molecule has 106 valence electrons. The van der Waals surface area contributed by atoms with E-state index in [0.29, 0.717) is 12.1 Å².